The van der Waals surface area contributed by atoms with Crippen LogP contribution in [0, 0.1) is 0 Å². The van der Waals surface area contributed by atoms with Gasteiger partial charge in [0.05, 0.1) is 25.2 Å². The number of benzene rings is 2. The first-order chi connectivity index (χ1) is 14.4. The van der Waals surface area contributed by atoms with Crippen molar-refractivity contribution in [3.8, 4) is 0 Å². The fourth-order valence-corrected chi connectivity index (χ4v) is 4.86. The molecule has 0 bridgehead atoms. The molecular weight excluding hydrogens is 430 g/mol. The lowest BCUT2D eigenvalue weighted by molar-refractivity contribution is 0.0254. The van der Waals surface area contributed by atoms with Crippen molar-refractivity contribution >= 4 is 45.2 Å². The maximum atomic E-state index is 13.8. The number of halogens is 3. The zero-order valence-corrected chi connectivity index (χ0v) is 17.6. The van der Waals surface area contributed by atoms with Crippen LogP contribution in [0.3, 0.4) is 0 Å². The first-order valence-corrected chi connectivity index (χ1v) is 11.2. The first kappa shape index (κ1) is 21.1. The van der Waals surface area contributed by atoms with E-state index in [9.17, 15) is 13.3 Å². The van der Waals surface area contributed by atoms with Crippen LogP contribution in [0.5, 0.6) is 0 Å². The Hall–Kier alpha value is -2.13. The van der Waals surface area contributed by atoms with Crippen molar-refractivity contribution in [3.63, 3.8) is 0 Å². The summed E-state index contributed by atoms with van der Waals surface area (Å²) in [4.78, 5) is 7.57. The van der Waals surface area contributed by atoms with Crippen LogP contribution in [0.25, 0.3) is 10.9 Å². The van der Waals surface area contributed by atoms with E-state index in [0.717, 1.165) is 10.5 Å². The number of rotatable bonds is 5. The SMILES string of the molecule is NCC(F)(F)CNc1cc(N2CC[S+]([O-])c3ccccc3C2)nc2ccc(Cl)cc12. The van der Waals surface area contributed by atoms with Gasteiger partial charge >= 0.3 is 0 Å². The van der Waals surface area contributed by atoms with Crippen LogP contribution in [0.4, 0.5) is 20.3 Å². The normalized spacial score (nSPS) is 17.0. The second-order valence-corrected chi connectivity index (χ2v) is 9.16. The van der Waals surface area contributed by atoms with Gasteiger partial charge in [-0.15, -0.1) is 0 Å². The monoisotopic (exact) mass is 450 g/mol. The minimum Gasteiger partial charge on any atom is -0.611 e. The van der Waals surface area contributed by atoms with E-state index < -0.39 is 30.2 Å². The minimum absolute atomic E-state index is 0.464. The zero-order chi connectivity index (χ0) is 21.3. The van der Waals surface area contributed by atoms with E-state index in [-0.39, 0.29) is 0 Å². The Morgan fingerprint density at radius 1 is 1.23 bits per heavy atom. The summed E-state index contributed by atoms with van der Waals surface area (Å²) in [5.74, 6) is -1.95. The fraction of sp³-hybridized carbons (Fsp3) is 0.286. The van der Waals surface area contributed by atoms with Crippen molar-refractivity contribution in [2.45, 2.75) is 17.4 Å². The van der Waals surface area contributed by atoms with Crippen molar-refractivity contribution in [1.29, 1.82) is 0 Å². The molecule has 5 nitrogen and oxygen atoms in total. The quantitative estimate of drug-likeness (QED) is 0.574. The van der Waals surface area contributed by atoms with Crippen LogP contribution in [-0.4, -0.2) is 40.8 Å². The lowest BCUT2D eigenvalue weighted by atomic mass is 10.1. The molecule has 0 spiro atoms. The second-order valence-electron chi connectivity index (χ2n) is 7.18. The number of alkyl halides is 2. The Labute approximate surface area is 181 Å². The number of fused-ring (bicyclic) bond motifs is 2. The molecule has 0 radical (unpaired) electrons. The van der Waals surface area contributed by atoms with Crippen LogP contribution in [0.1, 0.15) is 5.56 Å². The smallest absolute Gasteiger partial charge is 0.276 e. The number of aromatic nitrogens is 1. The van der Waals surface area contributed by atoms with E-state index in [0.29, 0.717) is 46.3 Å². The molecule has 0 saturated heterocycles. The second kappa shape index (κ2) is 8.55. The average Bonchev–Trinajstić information content (AvgIpc) is 2.91. The van der Waals surface area contributed by atoms with Crippen molar-refractivity contribution < 1.29 is 13.3 Å². The van der Waals surface area contributed by atoms with Gasteiger partial charge in [-0.3, -0.25) is 0 Å². The molecule has 2 aromatic carbocycles. The molecule has 1 aliphatic rings. The number of anilines is 2. The molecule has 1 aromatic heterocycles. The lowest BCUT2D eigenvalue weighted by Crippen LogP contribution is -2.35. The van der Waals surface area contributed by atoms with E-state index in [1.165, 1.54) is 0 Å². The number of hydrogen-bond donors (Lipinski definition) is 2. The molecule has 1 atom stereocenters. The lowest BCUT2D eigenvalue weighted by Gasteiger charge is -2.23. The van der Waals surface area contributed by atoms with Crippen LogP contribution in [0.15, 0.2) is 53.4 Å². The van der Waals surface area contributed by atoms with Gasteiger partial charge in [-0.25, -0.2) is 13.8 Å². The molecule has 0 amide bonds. The van der Waals surface area contributed by atoms with Gasteiger partial charge in [-0.1, -0.05) is 29.8 Å². The maximum Gasteiger partial charge on any atom is 0.276 e. The van der Waals surface area contributed by atoms with E-state index in [4.69, 9.17) is 22.3 Å². The average molecular weight is 451 g/mol. The van der Waals surface area contributed by atoms with Gasteiger partial charge in [0.2, 0.25) is 0 Å². The largest absolute Gasteiger partial charge is 0.611 e. The van der Waals surface area contributed by atoms with E-state index >= 15 is 0 Å². The summed E-state index contributed by atoms with van der Waals surface area (Å²) in [6, 6.07) is 14.5. The third-order valence-electron chi connectivity index (χ3n) is 5.04. The number of hydrogen-bond acceptors (Lipinski definition) is 5. The van der Waals surface area contributed by atoms with Crippen molar-refractivity contribution in [3.05, 3.63) is 59.1 Å². The summed E-state index contributed by atoms with van der Waals surface area (Å²) in [5.41, 5.74) is 7.27. The fourth-order valence-electron chi connectivity index (χ4n) is 3.43. The van der Waals surface area contributed by atoms with Gasteiger partial charge in [0, 0.05) is 34.3 Å². The highest BCUT2D eigenvalue weighted by Gasteiger charge is 2.28. The Bertz CT molecular complexity index is 1070. The van der Waals surface area contributed by atoms with Gasteiger partial charge in [0.25, 0.3) is 5.92 Å². The molecule has 3 aromatic rings. The standard InChI is InChI=1S/C21H21ClF2N4OS/c22-15-5-6-17-16(9-15)18(26-13-21(23,24)12-25)10-20(27-17)28-7-8-30(29)19-4-2-1-3-14(19)11-28/h1-6,9-10H,7-8,11-13,25H2,(H,26,27). The Kier molecular flexibility index (Phi) is 6.02. The number of nitrogens with zero attached hydrogens (tertiary/aromatic N) is 2. The Morgan fingerprint density at radius 3 is 2.83 bits per heavy atom. The number of pyridine rings is 1. The van der Waals surface area contributed by atoms with Crippen molar-refractivity contribution in [2.75, 3.05) is 35.6 Å². The van der Waals surface area contributed by atoms with Gasteiger partial charge < -0.3 is 20.5 Å². The molecule has 30 heavy (non-hydrogen) atoms. The molecule has 0 aliphatic carbocycles. The molecule has 4 rings (SSSR count). The molecule has 0 saturated carbocycles. The van der Waals surface area contributed by atoms with E-state index in [2.05, 4.69) is 5.32 Å². The summed E-state index contributed by atoms with van der Waals surface area (Å²) < 4.78 is 40.1. The summed E-state index contributed by atoms with van der Waals surface area (Å²) in [6.45, 7) is -0.273. The van der Waals surface area contributed by atoms with E-state index in [1.54, 1.807) is 24.3 Å². The van der Waals surface area contributed by atoms with Crippen LogP contribution < -0.4 is 16.0 Å². The molecule has 2 heterocycles. The molecular formula is C21H21ClF2N4OS. The summed E-state index contributed by atoms with van der Waals surface area (Å²) >= 11 is 5.03. The zero-order valence-electron chi connectivity index (χ0n) is 16.1. The first-order valence-electron chi connectivity index (χ1n) is 9.49. The molecule has 1 aliphatic heterocycles. The number of nitrogens with one attached hydrogen (secondary N) is 1. The Balaban J connectivity index is 1.73. The van der Waals surface area contributed by atoms with Crippen LogP contribution in [0.2, 0.25) is 5.02 Å². The van der Waals surface area contributed by atoms with Crippen LogP contribution in [-0.2, 0) is 17.7 Å². The molecule has 0 fully saturated rings. The number of nitrogens with two attached hydrogens (primary N) is 1. The predicted octanol–water partition coefficient (Wildman–Crippen LogP) is 4.02. The van der Waals surface area contributed by atoms with Crippen molar-refractivity contribution in [2.24, 2.45) is 5.73 Å². The third-order valence-corrected chi connectivity index (χ3v) is 6.72. The minimum atomic E-state index is -3.03. The van der Waals surface area contributed by atoms with Gasteiger partial charge in [0.15, 0.2) is 4.90 Å². The maximum absolute atomic E-state index is 13.8. The summed E-state index contributed by atoms with van der Waals surface area (Å²) in [6.07, 6.45) is 0. The van der Waals surface area contributed by atoms with Gasteiger partial charge in [-0.2, -0.15) is 0 Å². The van der Waals surface area contributed by atoms with Crippen molar-refractivity contribution in [1.82, 2.24) is 4.98 Å². The molecule has 9 heteroatoms. The Morgan fingerprint density at radius 2 is 2.03 bits per heavy atom. The predicted molar refractivity (Wildman–Crippen MR) is 118 cm³/mol. The van der Waals surface area contributed by atoms with E-state index in [1.807, 2.05) is 29.2 Å². The summed E-state index contributed by atoms with van der Waals surface area (Å²) in [5, 5.41) is 3.96. The summed E-state index contributed by atoms with van der Waals surface area (Å²) in [7, 11) is 0. The molecule has 3 N–H and O–H groups in total. The highest BCUT2D eigenvalue weighted by atomic mass is 35.5. The molecule has 158 valence electrons. The molecule has 1 unspecified atom stereocenters. The topological polar surface area (TPSA) is 77.2 Å². The highest BCUT2D eigenvalue weighted by molar-refractivity contribution is 7.91. The highest BCUT2D eigenvalue weighted by Crippen LogP contribution is 2.32. The van der Waals surface area contributed by atoms with Gasteiger partial charge in [-0.05, 0) is 35.4 Å². The van der Waals surface area contributed by atoms with Gasteiger partial charge in [0.1, 0.15) is 11.6 Å². The third kappa shape index (κ3) is 4.46. The van der Waals surface area contributed by atoms with Crippen LogP contribution >= 0.6 is 11.6 Å².